The Hall–Kier alpha value is -6.66. The summed E-state index contributed by atoms with van der Waals surface area (Å²) in [4.78, 5) is 12.0. The Balaban J connectivity index is 1.16. The average Bonchev–Trinajstić information content (AvgIpc) is 3.85. The standard InChI is InChI=1S/C42H25N3O3/c1-2-10-26(11-3-1)27-12-8-13-28(22-27)45(29-20-21-31-30-14-4-6-17-35(30)46-38(31)23-29)40-24-39-33(25-43-40)41-32(15-9-19-37(41)47-39)42-44-34-16-5-7-18-36(34)48-42/h1-25H. The molecule has 0 aliphatic rings. The summed E-state index contributed by atoms with van der Waals surface area (Å²) < 4.78 is 19.0. The third-order valence-electron chi connectivity index (χ3n) is 8.95. The number of furan rings is 2. The Labute approximate surface area is 274 Å². The number of anilines is 3. The van der Waals surface area contributed by atoms with E-state index in [4.69, 9.17) is 23.2 Å². The summed E-state index contributed by atoms with van der Waals surface area (Å²) in [7, 11) is 0. The minimum absolute atomic E-state index is 0.548. The highest BCUT2D eigenvalue weighted by Gasteiger charge is 2.21. The molecule has 0 aliphatic heterocycles. The van der Waals surface area contributed by atoms with Crippen LogP contribution in [0.5, 0.6) is 0 Å². The van der Waals surface area contributed by atoms with Crippen LogP contribution in [0.3, 0.4) is 0 Å². The molecule has 6 nitrogen and oxygen atoms in total. The number of fused-ring (bicyclic) bond motifs is 7. The van der Waals surface area contributed by atoms with Crippen molar-refractivity contribution in [3.63, 3.8) is 0 Å². The van der Waals surface area contributed by atoms with Crippen LogP contribution in [0.2, 0.25) is 0 Å². The fourth-order valence-electron chi connectivity index (χ4n) is 6.72. The van der Waals surface area contributed by atoms with Crippen LogP contribution in [0, 0.1) is 0 Å². The molecule has 226 valence electrons. The first-order chi connectivity index (χ1) is 23.8. The molecular weight excluding hydrogens is 594 g/mol. The summed E-state index contributed by atoms with van der Waals surface area (Å²) in [5, 5.41) is 3.96. The molecular formula is C42H25N3O3. The van der Waals surface area contributed by atoms with Crippen LogP contribution < -0.4 is 4.90 Å². The van der Waals surface area contributed by atoms with Crippen LogP contribution >= 0.6 is 0 Å². The van der Waals surface area contributed by atoms with Crippen molar-refractivity contribution >= 4 is 72.2 Å². The minimum atomic E-state index is 0.548. The first-order valence-corrected chi connectivity index (χ1v) is 15.8. The minimum Gasteiger partial charge on any atom is -0.456 e. The van der Waals surface area contributed by atoms with Crippen molar-refractivity contribution in [1.29, 1.82) is 0 Å². The van der Waals surface area contributed by atoms with Gasteiger partial charge in [0.25, 0.3) is 0 Å². The Morgan fingerprint density at radius 3 is 2.08 bits per heavy atom. The third kappa shape index (κ3) is 4.20. The zero-order valence-electron chi connectivity index (χ0n) is 25.5. The Kier molecular flexibility index (Phi) is 5.77. The predicted octanol–water partition coefficient (Wildman–Crippen LogP) is 11.8. The van der Waals surface area contributed by atoms with E-state index in [1.165, 1.54) is 0 Å². The lowest BCUT2D eigenvalue weighted by Gasteiger charge is -2.24. The molecule has 48 heavy (non-hydrogen) atoms. The maximum atomic E-state index is 6.50. The molecule has 4 heterocycles. The van der Waals surface area contributed by atoms with Gasteiger partial charge in [-0.05, 0) is 65.7 Å². The molecule has 0 fully saturated rings. The van der Waals surface area contributed by atoms with E-state index in [1.54, 1.807) is 0 Å². The van der Waals surface area contributed by atoms with Crippen molar-refractivity contribution in [2.75, 3.05) is 4.90 Å². The Bertz CT molecular complexity index is 2780. The van der Waals surface area contributed by atoms with E-state index in [0.29, 0.717) is 17.3 Å². The summed E-state index contributed by atoms with van der Waals surface area (Å²) in [6, 6.07) is 49.1. The van der Waals surface area contributed by atoms with Gasteiger partial charge in [0, 0.05) is 51.1 Å². The molecule has 0 atom stereocenters. The van der Waals surface area contributed by atoms with E-state index in [-0.39, 0.29) is 0 Å². The largest absolute Gasteiger partial charge is 0.456 e. The number of hydrogen-bond acceptors (Lipinski definition) is 6. The summed E-state index contributed by atoms with van der Waals surface area (Å²) in [5.41, 5.74) is 9.67. The molecule has 10 rings (SSSR count). The normalized spacial score (nSPS) is 11.8. The molecule has 0 saturated heterocycles. The Morgan fingerprint density at radius 2 is 1.17 bits per heavy atom. The van der Waals surface area contributed by atoms with Crippen molar-refractivity contribution in [3.8, 4) is 22.6 Å². The monoisotopic (exact) mass is 619 g/mol. The lowest BCUT2D eigenvalue weighted by molar-refractivity contribution is 0.620. The first kappa shape index (κ1) is 26.5. The number of pyridine rings is 1. The summed E-state index contributed by atoms with van der Waals surface area (Å²) in [5.74, 6) is 1.26. The molecule has 4 aromatic heterocycles. The van der Waals surface area contributed by atoms with E-state index < -0.39 is 0 Å². The van der Waals surface area contributed by atoms with Crippen LogP contribution in [0.4, 0.5) is 17.2 Å². The van der Waals surface area contributed by atoms with Gasteiger partial charge in [0.2, 0.25) is 5.89 Å². The number of oxazole rings is 1. The molecule has 10 aromatic rings. The van der Waals surface area contributed by atoms with Gasteiger partial charge in [-0.1, -0.05) is 78.9 Å². The van der Waals surface area contributed by atoms with Gasteiger partial charge in [-0.25, -0.2) is 9.97 Å². The molecule has 0 saturated carbocycles. The van der Waals surface area contributed by atoms with Gasteiger partial charge in [-0.3, -0.25) is 4.90 Å². The van der Waals surface area contributed by atoms with E-state index in [1.807, 2.05) is 79.0 Å². The number of nitrogens with zero attached hydrogens (tertiary/aromatic N) is 3. The van der Waals surface area contributed by atoms with Gasteiger partial charge in [-0.15, -0.1) is 0 Å². The second kappa shape index (κ2) is 10.4. The quantitative estimate of drug-likeness (QED) is 0.191. The van der Waals surface area contributed by atoms with Crippen LogP contribution in [-0.2, 0) is 0 Å². The molecule has 0 N–H and O–H groups in total. The van der Waals surface area contributed by atoms with Crippen molar-refractivity contribution < 1.29 is 13.3 Å². The Morgan fingerprint density at radius 1 is 0.458 bits per heavy atom. The van der Waals surface area contributed by atoms with Crippen LogP contribution in [0.15, 0.2) is 165 Å². The van der Waals surface area contributed by atoms with Gasteiger partial charge in [0.05, 0.1) is 5.69 Å². The molecule has 0 aliphatic carbocycles. The summed E-state index contributed by atoms with van der Waals surface area (Å²) in [6.45, 7) is 0. The summed E-state index contributed by atoms with van der Waals surface area (Å²) in [6.07, 6.45) is 1.89. The van der Waals surface area contributed by atoms with Gasteiger partial charge in [0.1, 0.15) is 33.7 Å². The second-order valence-electron chi connectivity index (χ2n) is 11.8. The highest BCUT2D eigenvalue weighted by molar-refractivity contribution is 6.12. The molecule has 0 radical (unpaired) electrons. The molecule has 0 spiro atoms. The number of hydrogen-bond donors (Lipinski definition) is 0. The van der Waals surface area contributed by atoms with E-state index in [0.717, 1.165) is 77.5 Å². The highest BCUT2D eigenvalue weighted by Crippen LogP contribution is 2.42. The summed E-state index contributed by atoms with van der Waals surface area (Å²) >= 11 is 0. The van der Waals surface area contributed by atoms with Gasteiger partial charge in [0.15, 0.2) is 5.58 Å². The fraction of sp³-hybridized carbons (Fsp3) is 0. The first-order valence-electron chi connectivity index (χ1n) is 15.8. The van der Waals surface area contributed by atoms with Gasteiger partial charge >= 0.3 is 0 Å². The molecule has 0 bridgehead atoms. The van der Waals surface area contributed by atoms with Gasteiger partial charge in [-0.2, -0.15) is 0 Å². The maximum Gasteiger partial charge on any atom is 0.228 e. The number of rotatable bonds is 5. The SMILES string of the molecule is c1ccc(-c2cccc(N(c3ccc4c(c3)oc3ccccc34)c3cc4oc5cccc(-c6nc7ccccc7o6)c5c4cn3)c2)cc1. The predicted molar refractivity (Wildman–Crippen MR) is 192 cm³/mol. The maximum absolute atomic E-state index is 6.50. The zero-order chi connectivity index (χ0) is 31.6. The van der Waals surface area contributed by atoms with Crippen molar-refractivity contribution in [1.82, 2.24) is 9.97 Å². The van der Waals surface area contributed by atoms with E-state index in [9.17, 15) is 0 Å². The second-order valence-corrected chi connectivity index (χ2v) is 11.8. The van der Waals surface area contributed by atoms with Crippen LogP contribution in [0.1, 0.15) is 0 Å². The molecule has 6 aromatic carbocycles. The smallest absolute Gasteiger partial charge is 0.228 e. The fourth-order valence-corrected chi connectivity index (χ4v) is 6.72. The molecule has 6 heteroatoms. The average molecular weight is 620 g/mol. The lowest BCUT2D eigenvalue weighted by atomic mass is 10.0. The molecule has 0 amide bonds. The van der Waals surface area contributed by atoms with Gasteiger partial charge < -0.3 is 13.3 Å². The molecule has 0 unspecified atom stereocenters. The van der Waals surface area contributed by atoms with E-state index in [2.05, 4.69) is 77.7 Å². The van der Waals surface area contributed by atoms with E-state index >= 15 is 0 Å². The van der Waals surface area contributed by atoms with Crippen molar-refractivity contribution in [2.45, 2.75) is 0 Å². The topological polar surface area (TPSA) is 68.4 Å². The number of benzene rings is 6. The van der Waals surface area contributed by atoms with Crippen LogP contribution in [-0.4, -0.2) is 9.97 Å². The lowest BCUT2D eigenvalue weighted by Crippen LogP contribution is -2.11. The number of para-hydroxylation sites is 3. The highest BCUT2D eigenvalue weighted by atomic mass is 16.4. The van der Waals surface area contributed by atoms with Crippen molar-refractivity contribution in [3.05, 3.63) is 152 Å². The number of aromatic nitrogens is 2. The third-order valence-corrected chi connectivity index (χ3v) is 8.95. The van der Waals surface area contributed by atoms with Crippen LogP contribution in [0.25, 0.3) is 77.6 Å². The van der Waals surface area contributed by atoms with Crippen molar-refractivity contribution in [2.24, 2.45) is 0 Å². The zero-order valence-corrected chi connectivity index (χ0v) is 25.5.